The molecule has 1 saturated carbocycles. The van der Waals surface area contributed by atoms with Crippen molar-refractivity contribution in [3.63, 3.8) is 0 Å². The van der Waals surface area contributed by atoms with Crippen LogP contribution in [0.25, 0.3) is 0 Å². The van der Waals surface area contributed by atoms with Gasteiger partial charge in [0.25, 0.3) is 0 Å². The highest BCUT2D eigenvalue weighted by molar-refractivity contribution is 5.67. The van der Waals surface area contributed by atoms with Crippen molar-refractivity contribution in [2.45, 2.75) is 63.6 Å². The predicted octanol–water partition coefficient (Wildman–Crippen LogP) is 3.71. The summed E-state index contributed by atoms with van der Waals surface area (Å²) in [7, 11) is 0. The molecule has 126 valence electrons. The summed E-state index contributed by atoms with van der Waals surface area (Å²) in [5.74, 6) is 0. The molecule has 0 aromatic heterocycles. The first kappa shape index (κ1) is 16.3. The second-order valence-electron chi connectivity index (χ2n) is 6.77. The molecule has 1 aliphatic carbocycles. The van der Waals surface area contributed by atoms with Crippen molar-refractivity contribution >= 4 is 6.09 Å². The van der Waals surface area contributed by atoms with Crippen LogP contribution in [0.4, 0.5) is 4.79 Å². The maximum absolute atomic E-state index is 11.9. The fraction of sp³-hybridized carbons (Fsp3) is 0.632. The standard InChI is InChI=1S/C19H28N2O2/c22-19(23-15-16-8-3-1-4-9-16)20-14-18-12-7-13-21(18)17-10-5-2-6-11-17/h1,3-4,8-9,17-18H,2,5-7,10-15H2,(H,20,22). The minimum absolute atomic E-state index is 0.302. The third kappa shape index (κ3) is 4.71. The van der Waals surface area contributed by atoms with Gasteiger partial charge in [-0.15, -0.1) is 0 Å². The van der Waals surface area contributed by atoms with Crippen LogP contribution in [0.3, 0.4) is 0 Å². The lowest BCUT2D eigenvalue weighted by Crippen LogP contribution is -2.45. The first-order valence-corrected chi connectivity index (χ1v) is 9.03. The van der Waals surface area contributed by atoms with E-state index in [0.717, 1.165) is 11.6 Å². The molecule has 1 unspecified atom stereocenters. The Hall–Kier alpha value is -1.55. The van der Waals surface area contributed by atoms with E-state index in [0.29, 0.717) is 19.2 Å². The van der Waals surface area contributed by atoms with E-state index in [2.05, 4.69) is 10.2 Å². The van der Waals surface area contributed by atoms with Gasteiger partial charge in [0.2, 0.25) is 0 Å². The minimum Gasteiger partial charge on any atom is -0.445 e. The van der Waals surface area contributed by atoms with E-state index in [1.54, 1.807) is 0 Å². The van der Waals surface area contributed by atoms with Gasteiger partial charge in [-0.25, -0.2) is 4.79 Å². The molecule has 0 spiro atoms. The van der Waals surface area contributed by atoms with E-state index in [1.807, 2.05) is 30.3 Å². The van der Waals surface area contributed by atoms with E-state index in [1.165, 1.54) is 51.5 Å². The van der Waals surface area contributed by atoms with Gasteiger partial charge in [-0.3, -0.25) is 4.90 Å². The summed E-state index contributed by atoms with van der Waals surface area (Å²) >= 11 is 0. The van der Waals surface area contributed by atoms with Crippen LogP contribution in [-0.2, 0) is 11.3 Å². The number of alkyl carbamates (subject to hydrolysis) is 1. The molecular weight excluding hydrogens is 288 g/mol. The Labute approximate surface area is 139 Å². The second-order valence-corrected chi connectivity index (χ2v) is 6.77. The molecule has 0 radical (unpaired) electrons. The van der Waals surface area contributed by atoms with Gasteiger partial charge in [-0.2, -0.15) is 0 Å². The molecule has 2 fully saturated rings. The van der Waals surface area contributed by atoms with E-state index >= 15 is 0 Å². The predicted molar refractivity (Wildman–Crippen MR) is 91.2 cm³/mol. The number of nitrogens with one attached hydrogen (secondary N) is 1. The average molecular weight is 316 g/mol. The van der Waals surface area contributed by atoms with Crippen molar-refractivity contribution < 1.29 is 9.53 Å². The minimum atomic E-state index is -0.302. The number of carbonyl (C=O) groups excluding carboxylic acids is 1. The lowest BCUT2D eigenvalue weighted by atomic mass is 9.94. The third-order valence-corrected chi connectivity index (χ3v) is 5.16. The van der Waals surface area contributed by atoms with Crippen molar-refractivity contribution in [2.75, 3.05) is 13.1 Å². The van der Waals surface area contributed by atoms with Crippen LogP contribution in [0.15, 0.2) is 30.3 Å². The zero-order valence-corrected chi connectivity index (χ0v) is 13.9. The summed E-state index contributed by atoms with van der Waals surface area (Å²) in [5, 5.41) is 2.96. The molecule has 1 aromatic rings. The van der Waals surface area contributed by atoms with Crippen molar-refractivity contribution in [1.29, 1.82) is 0 Å². The summed E-state index contributed by atoms with van der Waals surface area (Å²) in [6.07, 6.45) is 8.91. The molecular formula is C19H28N2O2. The number of nitrogens with zero attached hydrogens (tertiary/aromatic N) is 1. The van der Waals surface area contributed by atoms with Gasteiger partial charge in [-0.1, -0.05) is 49.6 Å². The molecule has 2 aliphatic rings. The van der Waals surface area contributed by atoms with E-state index in [-0.39, 0.29) is 6.09 Å². The van der Waals surface area contributed by atoms with Gasteiger partial charge >= 0.3 is 6.09 Å². The zero-order valence-electron chi connectivity index (χ0n) is 13.9. The monoisotopic (exact) mass is 316 g/mol. The Kier molecular flexibility index (Phi) is 5.92. The Bertz CT molecular complexity index is 485. The summed E-state index contributed by atoms with van der Waals surface area (Å²) in [6, 6.07) is 11.0. The SMILES string of the molecule is O=C(NCC1CCCN1C1CCCCC1)OCc1ccccc1. The fourth-order valence-electron chi connectivity index (χ4n) is 3.95. The molecule has 1 saturated heterocycles. The molecule has 1 atom stereocenters. The first-order valence-electron chi connectivity index (χ1n) is 9.03. The van der Waals surface area contributed by atoms with Crippen molar-refractivity contribution in [3.8, 4) is 0 Å². The number of hydrogen-bond acceptors (Lipinski definition) is 3. The number of rotatable bonds is 5. The molecule has 1 heterocycles. The molecule has 1 aromatic carbocycles. The zero-order chi connectivity index (χ0) is 15.9. The van der Waals surface area contributed by atoms with Crippen molar-refractivity contribution in [3.05, 3.63) is 35.9 Å². The largest absolute Gasteiger partial charge is 0.445 e. The first-order chi connectivity index (χ1) is 11.3. The summed E-state index contributed by atoms with van der Waals surface area (Å²) in [6.45, 7) is 2.24. The smallest absolute Gasteiger partial charge is 0.407 e. The Balaban J connectivity index is 1.41. The van der Waals surface area contributed by atoms with Gasteiger partial charge < -0.3 is 10.1 Å². The van der Waals surface area contributed by atoms with Crippen LogP contribution < -0.4 is 5.32 Å². The molecule has 1 aliphatic heterocycles. The Morgan fingerprint density at radius 3 is 2.65 bits per heavy atom. The van der Waals surface area contributed by atoms with Gasteiger partial charge in [0.15, 0.2) is 0 Å². The van der Waals surface area contributed by atoms with Gasteiger partial charge in [-0.05, 0) is 37.8 Å². The lowest BCUT2D eigenvalue weighted by Gasteiger charge is -2.35. The Morgan fingerprint density at radius 1 is 1.09 bits per heavy atom. The van der Waals surface area contributed by atoms with Gasteiger partial charge in [0.1, 0.15) is 6.61 Å². The number of likely N-dealkylation sites (tertiary alicyclic amines) is 1. The van der Waals surface area contributed by atoms with E-state index < -0.39 is 0 Å². The molecule has 4 heteroatoms. The summed E-state index contributed by atoms with van der Waals surface area (Å²) in [5.41, 5.74) is 1.02. The quantitative estimate of drug-likeness (QED) is 0.900. The Morgan fingerprint density at radius 2 is 1.87 bits per heavy atom. The maximum atomic E-state index is 11.9. The fourth-order valence-corrected chi connectivity index (χ4v) is 3.95. The number of benzene rings is 1. The van der Waals surface area contributed by atoms with Crippen LogP contribution in [0, 0.1) is 0 Å². The van der Waals surface area contributed by atoms with Crippen LogP contribution in [0.1, 0.15) is 50.5 Å². The number of carbonyl (C=O) groups is 1. The highest BCUT2D eigenvalue weighted by Crippen LogP contribution is 2.28. The molecule has 4 nitrogen and oxygen atoms in total. The number of hydrogen-bond donors (Lipinski definition) is 1. The molecule has 1 amide bonds. The average Bonchev–Trinajstić information content (AvgIpc) is 3.08. The van der Waals surface area contributed by atoms with E-state index in [9.17, 15) is 4.79 Å². The highest BCUT2D eigenvalue weighted by atomic mass is 16.5. The highest BCUT2D eigenvalue weighted by Gasteiger charge is 2.31. The van der Waals surface area contributed by atoms with Crippen molar-refractivity contribution in [1.82, 2.24) is 10.2 Å². The van der Waals surface area contributed by atoms with Crippen LogP contribution in [-0.4, -0.2) is 36.2 Å². The normalized spacial score (nSPS) is 22.9. The molecule has 23 heavy (non-hydrogen) atoms. The van der Waals surface area contributed by atoms with E-state index in [4.69, 9.17) is 4.74 Å². The maximum Gasteiger partial charge on any atom is 0.407 e. The second kappa shape index (κ2) is 8.34. The van der Waals surface area contributed by atoms with Gasteiger partial charge in [0, 0.05) is 18.6 Å². The number of amides is 1. The van der Waals surface area contributed by atoms with Gasteiger partial charge in [0.05, 0.1) is 0 Å². The topological polar surface area (TPSA) is 41.6 Å². The summed E-state index contributed by atoms with van der Waals surface area (Å²) < 4.78 is 5.30. The van der Waals surface area contributed by atoms with Crippen LogP contribution >= 0.6 is 0 Å². The molecule has 3 rings (SSSR count). The third-order valence-electron chi connectivity index (χ3n) is 5.16. The van der Waals surface area contributed by atoms with Crippen LogP contribution in [0.2, 0.25) is 0 Å². The number of ether oxygens (including phenoxy) is 1. The summed E-state index contributed by atoms with van der Waals surface area (Å²) in [4.78, 5) is 14.5. The lowest BCUT2D eigenvalue weighted by molar-refractivity contribution is 0.122. The molecule has 1 N–H and O–H groups in total. The molecule has 0 bridgehead atoms. The van der Waals surface area contributed by atoms with Crippen LogP contribution in [0.5, 0.6) is 0 Å². The van der Waals surface area contributed by atoms with Crippen molar-refractivity contribution in [2.24, 2.45) is 0 Å².